The van der Waals surface area contributed by atoms with Gasteiger partial charge < -0.3 is 9.84 Å². The lowest BCUT2D eigenvalue weighted by Gasteiger charge is -2.16. The molecule has 1 N–H and O–H groups in total. The van der Waals surface area contributed by atoms with Gasteiger partial charge in [0.25, 0.3) is 0 Å². The molecule has 0 heterocycles. The summed E-state index contributed by atoms with van der Waals surface area (Å²) in [6, 6.07) is 4.37. The lowest BCUT2D eigenvalue weighted by atomic mass is 9.90. The quantitative estimate of drug-likeness (QED) is 0.845. The van der Waals surface area contributed by atoms with Crippen LogP contribution in [0.5, 0.6) is 5.75 Å². The number of carbonyl (C=O) groups is 1. The third-order valence-electron chi connectivity index (χ3n) is 2.66. The van der Waals surface area contributed by atoms with Gasteiger partial charge in [-0.05, 0) is 37.0 Å². The van der Waals surface area contributed by atoms with E-state index in [9.17, 15) is 14.3 Å². The van der Waals surface area contributed by atoms with E-state index in [-0.39, 0.29) is 11.7 Å². The van der Waals surface area contributed by atoms with Crippen molar-refractivity contribution in [3.8, 4) is 5.75 Å². The molecule has 0 spiro atoms. The van der Waals surface area contributed by atoms with Gasteiger partial charge in [0, 0.05) is 0 Å². The fourth-order valence-corrected chi connectivity index (χ4v) is 1.86. The molecule has 0 amide bonds. The first-order chi connectivity index (χ1) is 8.45. The molecule has 3 nitrogen and oxygen atoms in total. The third kappa shape index (κ3) is 3.72. The molecule has 1 rings (SSSR count). The Morgan fingerprint density at radius 2 is 2.11 bits per heavy atom. The van der Waals surface area contributed by atoms with Gasteiger partial charge in [0.2, 0.25) is 0 Å². The van der Waals surface area contributed by atoms with Gasteiger partial charge in [0.15, 0.2) is 11.6 Å². The first-order valence-corrected chi connectivity index (χ1v) is 6.10. The van der Waals surface area contributed by atoms with Gasteiger partial charge in [0.05, 0.1) is 12.5 Å². The van der Waals surface area contributed by atoms with Crippen molar-refractivity contribution in [2.75, 3.05) is 6.61 Å². The maximum Gasteiger partial charge on any atom is 0.310 e. The molecule has 100 valence electrons. The van der Waals surface area contributed by atoms with Crippen molar-refractivity contribution in [1.29, 1.82) is 0 Å². The Kier molecular flexibility index (Phi) is 5.13. The highest BCUT2D eigenvalue weighted by Crippen LogP contribution is 2.28. The van der Waals surface area contributed by atoms with Crippen LogP contribution in [0.3, 0.4) is 0 Å². The van der Waals surface area contributed by atoms with Crippen molar-refractivity contribution < 1.29 is 19.0 Å². The van der Waals surface area contributed by atoms with E-state index in [0.29, 0.717) is 18.6 Å². The lowest BCUT2D eigenvalue weighted by molar-refractivity contribution is -0.139. The summed E-state index contributed by atoms with van der Waals surface area (Å²) in [5.74, 6) is -1.71. The summed E-state index contributed by atoms with van der Waals surface area (Å²) < 4.78 is 18.8. The smallest absolute Gasteiger partial charge is 0.310 e. The van der Waals surface area contributed by atoms with Crippen LogP contribution in [0.25, 0.3) is 0 Å². The predicted molar refractivity (Wildman–Crippen MR) is 67.4 cm³/mol. The van der Waals surface area contributed by atoms with E-state index < -0.39 is 17.7 Å². The number of aliphatic carboxylic acids is 1. The molecule has 0 saturated carbocycles. The Morgan fingerprint density at radius 1 is 1.44 bits per heavy atom. The molecule has 4 heteroatoms. The van der Waals surface area contributed by atoms with Crippen molar-refractivity contribution in [3.05, 3.63) is 29.6 Å². The topological polar surface area (TPSA) is 46.5 Å². The minimum Gasteiger partial charge on any atom is -0.491 e. The van der Waals surface area contributed by atoms with Gasteiger partial charge in [-0.2, -0.15) is 0 Å². The molecule has 0 aliphatic rings. The summed E-state index contributed by atoms with van der Waals surface area (Å²) in [6.07, 6.45) is 0.489. The van der Waals surface area contributed by atoms with Crippen molar-refractivity contribution in [1.82, 2.24) is 0 Å². The van der Waals surface area contributed by atoms with Crippen molar-refractivity contribution in [3.63, 3.8) is 0 Å². The van der Waals surface area contributed by atoms with Crippen LogP contribution in [0.2, 0.25) is 0 Å². The van der Waals surface area contributed by atoms with Crippen LogP contribution < -0.4 is 4.74 Å². The first-order valence-electron chi connectivity index (χ1n) is 6.10. The number of rotatable bonds is 6. The molecule has 0 fully saturated rings. The number of carboxylic acid groups (broad SMARTS) is 1. The van der Waals surface area contributed by atoms with Crippen molar-refractivity contribution in [2.45, 2.75) is 33.1 Å². The van der Waals surface area contributed by atoms with Crippen molar-refractivity contribution in [2.24, 2.45) is 5.92 Å². The molecule has 0 aliphatic heterocycles. The standard InChI is InChI=1S/C14H19FO3/c1-4-18-13-6-5-10(8-12(13)15)11(14(16)17)7-9(2)3/h5-6,8-9,11H,4,7H2,1-3H3,(H,16,17). The van der Waals surface area contributed by atoms with Gasteiger partial charge in [-0.15, -0.1) is 0 Å². The molecular formula is C14H19FO3. The molecule has 0 bridgehead atoms. The van der Waals surface area contributed by atoms with Crippen LogP contribution in [0.15, 0.2) is 18.2 Å². The molecule has 1 unspecified atom stereocenters. The molecule has 1 aromatic rings. The molecule has 1 aromatic carbocycles. The number of hydrogen-bond donors (Lipinski definition) is 1. The van der Waals surface area contributed by atoms with Gasteiger partial charge >= 0.3 is 5.97 Å². The first kappa shape index (κ1) is 14.5. The average Bonchev–Trinajstić information content (AvgIpc) is 2.28. The van der Waals surface area contributed by atoms with E-state index in [2.05, 4.69) is 0 Å². The number of ether oxygens (including phenoxy) is 1. The maximum absolute atomic E-state index is 13.7. The van der Waals surface area contributed by atoms with Crippen LogP contribution in [0.1, 0.15) is 38.7 Å². The average molecular weight is 254 g/mol. The Morgan fingerprint density at radius 3 is 2.56 bits per heavy atom. The zero-order chi connectivity index (χ0) is 13.7. The molecule has 0 aromatic heterocycles. The minimum absolute atomic E-state index is 0.162. The van der Waals surface area contributed by atoms with Crippen molar-refractivity contribution >= 4 is 5.97 Å². The normalized spacial score (nSPS) is 12.5. The Balaban J connectivity index is 2.99. The van der Waals surface area contributed by atoms with Gasteiger partial charge in [-0.25, -0.2) is 4.39 Å². The number of benzene rings is 1. The summed E-state index contributed by atoms with van der Waals surface area (Å²) >= 11 is 0. The molecule has 18 heavy (non-hydrogen) atoms. The minimum atomic E-state index is -0.924. The van der Waals surface area contributed by atoms with E-state index in [1.54, 1.807) is 13.0 Å². The Labute approximate surface area is 107 Å². The Hall–Kier alpha value is -1.58. The second kappa shape index (κ2) is 6.38. The van der Waals surface area contributed by atoms with Crippen LogP contribution >= 0.6 is 0 Å². The fourth-order valence-electron chi connectivity index (χ4n) is 1.86. The monoisotopic (exact) mass is 254 g/mol. The largest absolute Gasteiger partial charge is 0.491 e. The fraction of sp³-hybridized carbons (Fsp3) is 0.500. The van der Waals surface area contributed by atoms with Gasteiger partial charge in [-0.3, -0.25) is 4.79 Å². The zero-order valence-corrected chi connectivity index (χ0v) is 10.9. The number of carboxylic acids is 1. The second-order valence-electron chi connectivity index (χ2n) is 4.64. The van der Waals surface area contributed by atoms with E-state index in [4.69, 9.17) is 4.74 Å². The van der Waals surface area contributed by atoms with Crippen LogP contribution in [0, 0.1) is 11.7 Å². The molecular weight excluding hydrogens is 235 g/mol. The highest BCUT2D eigenvalue weighted by molar-refractivity contribution is 5.76. The van der Waals surface area contributed by atoms with Crippen LogP contribution in [0.4, 0.5) is 4.39 Å². The third-order valence-corrected chi connectivity index (χ3v) is 2.66. The van der Waals surface area contributed by atoms with Gasteiger partial charge in [-0.1, -0.05) is 19.9 Å². The maximum atomic E-state index is 13.7. The molecule has 1 atom stereocenters. The highest BCUT2D eigenvalue weighted by atomic mass is 19.1. The highest BCUT2D eigenvalue weighted by Gasteiger charge is 2.22. The van der Waals surface area contributed by atoms with Crippen LogP contribution in [-0.4, -0.2) is 17.7 Å². The Bertz CT molecular complexity index is 416. The van der Waals surface area contributed by atoms with E-state index in [0.717, 1.165) is 0 Å². The van der Waals surface area contributed by atoms with E-state index in [1.165, 1.54) is 12.1 Å². The summed E-state index contributed by atoms with van der Waals surface area (Å²) in [6.45, 7) is 6.04. The molecule has 0 radical (unpaired) electrons. The lowest BCUT2D eigenvalue weighted by Crippen LogP contribution is -2.14. The summed E-state index contributed by atoms with van der Waals surface area (Å²) in [5.41, 5.74) is 0.483. The van der Waals surface area contributed by atoms with Gasteiger partial charge in [0.1, 0.15) is 0 Å². The second-order valence-corrected chi connectivity index (χ2v) is 4.64. The number of hydrogen-bond acceptors (Lipinski definition) is 2. The molecule has 0 saturated heterocycles. The molecule has 0 aliphatic carbocycles. The summed E-state index contributed by atoms with van der Waals surface area (Å²) in [7, 11) is 0. The predicted octanol–water partition coefficient (Wildman–Crippen LogP) is 3.44. The zero-order valence-electron chi connectivity index (χ0n) is 10.9. The SMILES string of the molecule is CCOc1ccc(C(CC(C)C)C(=O)O)cc1F. The van der Waals surface area contributed by atoms with Crippen LogP contribution in [-0.2, 0) is 4.79 Å². The van der Waals surface area contributed by atoms with E-state index in [1.807, 2.05) is 13.8 Å². The summed E-state index contributed by atoms with van der Waals surface area (Å²) in [5, 5.41) is 9.19. The summed E-state index contributed by atoms with van der Waals surface area (Å²) in [4.78, 5) is 11.2. The number of halogens is 1. The van der Waals surface area contributed by atoms with E-state index >= 15 is 0 Å².